The first kappa shape index (κ1) is 22.3. The molecule has 0 bridgehead atoms. The van der Waals surface area contributed by atoms with E-state index in [1.54, 1.807) is 0 Å². The van der Waals surface area contributed by atoms with E-state index in [0.717, 1.165) is 4.46 Å². The second-order valence-corrected chi connectivity index (χ2v) is 15.4. The number of halogens is 1. The van der Waals surface area contributed by atoms with Crippen LogP contribution in [0.4, 0.5) is 4.39 Å². The molecule has 0 unspecified atom stereocenters. The number of carbonyl (C=O) groups excluding carboxylic acids is 1. The van der Waals surface area contributed by atoms with Gasteiger partial charge in [-0.1, -0.05) is 0 Å². The summed E-state index contributed by atoms with van der Waals surface area (Å²) >= 11 is 0.0521. The minimum atomic E-state index is -1.90. The van der Waals surface area contributed by atoms with Crippen molar-refractivity contribution in [3.63, 3.8) is 0 Å². The van der Waals surface area contributed by atoms with Crippen LogP contribution in [0.25, 0.3) is 0 Å². The summed E-state index contributed by atoms with van der Waals surface area (Å²) in [5, 5.41) is 0.483. The van der Waals surface area contributed by atoms with Gasteiger partial charge < -0.3 is 0 Å². The van der Waals surface area contributed by atoms with Crippen molar-refractivity contribution < 1.29 is 18.3 Å². The third-order valence-corrected chi connectivity index (χ3v) is 11.9. The number of ether oxygens (including phenoxy) is 1. The molecule has 0 heterocycles. The van der Waals surface area contributed by atoms with Gasteiger partial charge in [0.15, 0.2) is 0 Å². The van der Waals surface area contributed by atoms with Gasteiger partial charge in [0.2, 0.25) is 0 Å². The molecular weight excluding hydrogens is 426 g/mol. The molecule has 1 aliphatic rings. The Labute approximate surface area is 170 Å². The number of hydrogen-bond donors (Lipinski definition) is 0. The predicted octanol–water partition coefficient (Wildman–Crippen LogP) is 4.43. The maximum atomic E-state index is 14.6. The van der Waals surface area contributed by atoms with Crippen LogP contribution in [0.1, 0.15) is 33.6 Å². The molecule has 0 N–H and O–H groups in total. The average Bonchev–Trinajstić information content (AvgIpc) is 2.59. The van der Waals surface area contributed by atoms with Crippen molar-refractivity contribution in [2.24, 2.45) is 0 Å². The van der Waals surface area contributed by atoms with E-state index in [1.807, 2.05) is 36.4 Å². The van der Waals surface area contributed by atoms with Crippen LogP contribution >= 0.6 is 0 Å². The monoisotopic (exact) mass is 458 g/mol. The third-order valence-electron chi connectivity index (χ3n) is 5.28. The van der Waals surface area contributed by atoms with Gasteiger partial charge in [0.25, 0.3) is 0 Å². The molecule has 1 aromatic carbocycles. The fourth-order valence-electron chi connectivity index (χ4n) is 2.59. The fraction of sp³-hybridized carbons (Fsp3) is 0.571. The van der Waals surface area contributed by atoms with E-state index >= 15 is 0 Å². The molecule has 2 atom stereocenters. The zero-order valence-electron chi connectivity index (χ0n) is 17.0. The summed E-state index contributed by atoms with van der Waals surface area (Å²) in [6.45, 7) is 11.0. The topological polar surface area (TPSA) is 35.5 Å². The molecule has 0 spiro atoms. The first-order valence-electron chi connectivity index (χ1n) is 9.43. The molecule has 0 saturated carbocycles. The van der Waals surface area contributed by atoms with Crippen LogP contribution in [-0.2, 0) is 14.0 Å². The average molecular weight is 458 g/mol. The Morgan fingerprint density at radius 3 is 2.52 bits per heavy atom. The van der Waals surface area contributed by atoms with Crippen molar-refractivity contribution in [3.05, 3.63) is 42.0 Å². The summed E-state index contributed by atoms with van der Waals surface area (Å²) in [6.07, 6.45) is 1.72. The number of hydrogen-bond acceptors (Lipinski definition) is 3. The zero-order valence-corrected chi connectivity index (χ0v) is 19.7. The second-order valence-electron chi connectivity index (χ2n) is 8.48. The van der Waals surface area contributed by atoms with Crippen molar-refractivity contribution in [3.8, 4) is 0 Å². The van der Waals surface area contributed by atoms with Crippen LogP contribution < -0.4 is 4.46 Å². The summed E-state index contributed by atoms with van der Waals surface area (Å²) < 4.78 is 27.3. The van der Waals surface area contributed by atoms with E-state index in [4.69, 9.17) is 9.16 Å². The standard InChI is InChI=1S/C21H31FO3SeSi/c1-21(2,3)27(4,5)25-17-12-11-16(19(22)13-17)14-24-20(23)15-26-18-9-7-6-8-10-18/h6-11,17,19H,12-15H2,1-5H3/t17-,19+/m1/s1. The van der Waals surface area contributed by atoms with Gasteiger partial charge in [-0.15, -0.1) is 0 Å². The van der Waals surface area contributed by atoms with E-state index in [9.17, 15) is 9.18 Å². The molecule has 0 aromatic heterocycles. The second kappa shape index (κ2) is 9.51. The van der Waals surface area contributed by atoms with Gasteiger partial charge in [-0.05, 0) is 0 Å². The maximum absolute atomic E-state index is 14.6. The Bertz CT molecular complexity index is 655. The van der Waals surface area contributed by atoms with Crippen LogP contribution in [0.3, 0.4) is 0 Å². The molecule has 27 heavy (non-hydrogen) atoms. The van der Waals surface area contributed by atoms with Gasteiger partial charge in [-0.2, -0.15) is 0 Å². The number of benzene rings is 1. The SMILES string of the molecule is CC(C)(C)[Si](C)(C)O[C@@H]1CC=C(COC(=O)C[Se]c2ccccc2)[C@@H](F)C1. The Kier molecular flexibility index (Phi) is 7.87. The molecule has 0 radical (unpaired) electrons. The first-order chi connectivity index (χ1) is 12.6. The Morgan fingerprint density at radius 1 is 1.26 bits per heavy atom. The van der Waals surface area contributed by atoms with E-state index in [0.29, 0.717) is 23.7 Å². The first-order valence-corrected chi connectivity index (χ1v) is 14.4. The quantitative estimate of drug-likeness (QED) is 0.345. The molecular formula is C21H31FO3SeSi. The van der Waals surface area contributed by atoms with Crippen LogP contribution in [0.5, 0.6) is 0 Å². The normalized spacial score (nSPS) is 20.9. The molecule has 0 amide bonds. The number of alkyl halides is 1. The molecule has 3 nitrogen and oxygen atoms in total. The fourth-order valence-corrected chi connectivity index (χ4v) is 5.48. The van der Waals surface area contributed by atoms with Gasteiger partial charge in [0, 0.05) is 0 Å². The molecule has 1 aromatic rings. The van der Waals surface area contributed by atoms with E-state index in [1.165, 1.54) is 0 Å². The Balaban J connectivity index is 1.79. The van der Waals surface area contributed by atoms with E-state index < -0.39 is 14.5 Å². The summed E-state index contributed by atoms with van der Waals surface area (Å²) in [7, 11) is -1.90. The van der Waals surface area contributed by atoms with Crippen molar-refractivity contribution in [1.29, 1.82) is 0 Å². The van der Waals surface area contributed by atoms with Gasteiger partial charge in [0.1, 0.15) is 0 Å². The molecule has 0 fully saturated rings. The number of carbonyl (C=O) groups is 1. The Morgan fingerprint density at radius 2 is 1.93 bits per heavy atom. The molecule has 2 rings (SSSR count). The number of esters is 1. The molecule has 150 valence electrons. The molecule has 6 heteroatoms. The van der Waals surface area contributed by atoms with Crippen LogP contribution in [0, 0.1) is 0 Å². The summed E-state index contributed by atoms with van der Waals surface area (Å²) in [4.78, 5) is 12.0. The summed E-state index contributed by atoms with van der Waals surface area (Å²) in [5.41, 5.74) is 0.575. The predicted molar refractivity (Wildman–Crippen MR) is 112 cm³/mol. The van der Waals surface area contributed by atoms with Crippen molar-refractivity contribution in [2.75, 3.05) is 6.61 Å². The third kappa shape index (κ3) is 6.86. The molecule has 0 saturated heterocycles. The Hall–Kier alpha value is -0.944. The number of rotatable bonds is 7. The van der Waals surface area contributed by atoms with Crippen molar-refractivity contribution >= 4 is 33.7 Å². The van der Waals surface area contributed by atoms with Gasteiger partial charge in [-0.25, -0.2) is 0 Å². The molecule has 1 aliphatic carbocycles. The van der Waals surface area contributed by atoms with Gasteiger partial charge >= 0.3 is 170 Å². The van der Waals surface area contributed by atoms with E-state index in [-0.39, 0.29) is 38.7 Å². The van der Waals surface area contributed by atoms with Crippen LogP contribution in [0.2, 0.25) is 23.5 Å². The van der Waals surface area contributed by atoms with Crippen LogP contribution in [-0.4, -0.2) is 48.1 Å². The molecule has 0 aliphatic heterocycles. The van der Waals surface area contributed by atoms with E-state index in [2.05, 4.69) is 33.9 Å². The van der Waals surface area contributed by atoms with Gasteiger partial charge in [-0.3, -0.25) is 0 Å². The van der Waals surface area contributed by atoms with Crippen LogP contribution in [0.15, 0.2) is 42.0 Å². The minimum absolute atomic E-state index is 0.0521. The zero-order chi connectivity index (χ0) is 20.1. The summed E-state index contributed by atoms with van der Waals surface area (Å²) in [5.74, 6) is -0.258. The van der Waals surface area contributed by atoms with Crippen molar-refractivity contribution in [2.45, 2.75) is 69.3 Å². The summed E-state index contributed by atoms with van der Waals surface area (Å²) in [6, 6.07) is 9.90. The van der Waals surface area contributed by atoms with Gasteiger partial charge in [0.05, 0.1) is 0 Å². The van der Waals surface area contributed by atoms with Crippen molar-refractivity contribution in [1.82, 2.24) is 0 Å².